The summed E-state index contributed by atoms with van der Waals surface area (Å²) >= 11 is 6.13. The molecule has 29 heavy (non-hydrogen) atoms. The topological polar surface area (TPSA) is 66.5 Å². The molecule has 3 fully saturated rings. The summed E-state index contributed by atoms with van der Waals surface area (Å²) in [5.74, 6) is -0.185. The third kappa shape index (κ3) is 2.79. The van der Waals surface area contributed by atoms with Crippen LogP contribution in [0.5, 0.6) is 0 Å². The average molecular weight is 409 g/mol. The van der Waals surface area contributed by atoms with Crippen LogP contribution in [0.15, 0.2) is 42.5 Å². The van der Waals surface area contributed by atoms with Gasteiger partial charge in [0.05, 0.1) is 17.5 Å². The average Bonchev–Trinajstić information content (AvgIpc) is 3.39. The Hall–Kier alpha value is -2.66. The third-order valence-corrected chi connectivity index (χ3v) is 7.22. The molecule has 2 aliphatic carbocycles. The molecule has 0 unspecified atom stereocenters. The Morgan fingerprint density at radius 2 is 1.69 bits per heavy atom. The van der Waals surface area contributed by atoms with Gasteiger partial charge < -0.3 is 5.32 Å². The van der Waals surface area contributed by atoms with E-state index < -0.39 is 0 Å². The Balaban J connectivity index is 1.42. The third-order valence-electron chi connectivity index (χ3n) is 6.81. The van der Waals surface area contributed by atoms with Crippen molar-refractivity contribution in [2.24, 2.45) is 23.7 Å². The molecular formula is C23H21ClN2O3. The molecule has 3 amide bonds. The van der Waals surface area contributed by atoms with Gasteiger partial charge in [0.1, 0.15) is 0 Å². The number of fused-ring (bicyclic) bond motifs is 5. The predicted molar refractivity (Wildman–Crippen MR) is 111 cm³/mol. The minimum atomic E-state index is -0.309. The van der Waals surface area contributed by atoms with Crippen LogP contribution in [0.2, 0.25) is 5.02 Å². The van der Waals surface area contributed by atoms with Crippen LogP contribution in [0.4, 0.5) is 11.4 Å². The summed E-state index contributed by atoms with van der Waals surface area (Å²) in [7, 11) is 0. The van der Waals surface area contributed by atoms with Crippen molar-refractivity contribution >= 4 is 40.7 Å². The summed E-state index contributed by atoms with van der Waals surface area (Å²) in [6.07, 6.45) is 3.09. The lowest BCUT2D eigenvalue weighted by Crippen LogP contribution is -2.33. The van der Waals surface area contributed by atoms with Gasteiger partial charge in [0.15, 0.2) is 0 Å². The monoisotopic (exact) mass is 408 g/mol. The van der Waals surface area contributed by atoms with E-state index in [1.165, 1.54) is 4.90 Å². The number of hydrogen-bond acceptors (Lipinski definition) is 3. The number of halogens is 1. The first-order chi connectivity index (χ1) is 14.0. The second-order valence-corrected chi connectivity index (χ2v) is 8.72. The van der Waals surface area contributed by atoms with E-state index in [0.29, 0.717) is 33.8 Å². The van der Waals surface area contributed by atoms with E-state index in [4.69, 9.17) is 11.6 Å². The van der Waals surface area contributed by atoms with Gasteiger partial charge in [-0.15, -0.1) is 0 Å². The number of amides is 3. The van der Waals surface area contributed by atoms with Gasteiger partial charge in [-0.05, 0) is 73.9 Å². The van der Waals surface area contributed by atoms with Crippen molar-refractivity contribution in [1.82, 2.24) is 0 Å². The van der Waals surface area contributed by atoms with Gasteiger partial charge in [-0.1, -0.05) is 23.7 Å². The molecule has 148 valence electrons. The molecule has 1 aliphatic heterocycles. The van der Waals surface area contributed by atoms with Crippen LogP contribution in [-0.2, 0) is 9.59 Å². The zero-order valence-corrected chi connectivity index (χ0v) is 16.8. The summed E-state index contributed by atoms with van der Waals surface area (Å²) in [6.45, 7) is 1.84. The molecule has 1 N–H and O–H groups in total. The van der Waals surface area contributed by atoms with Gasteiger partial charge >= 0.3 is 0 Å². The fraction of sp³-hybridized carbons (Fsp3) is 0.348. The smallest absolute Gasteiger partial charge is 0.255 e. The van der Waals surface area contributed by atoms with Crippen molar-refractivity contribution in [3.63, 3.8) is 0 Å². The second kappa shape index (κ2) is 6.70. The molecule has 4 atom stereocenters. The summed E-state index contributed by atoms with van der Waals surface area (Å²) in [6, 6.07) is 12.0. The largest absolute Gasteiger partial charge is 0.322 e. The number of hydrogen-bond donors (Lipinski definition) is 1. The van der Waals surface area contributed by atoms with Crippen LogP contribution in [0.3, 0.4) is 0 Å². The maximum Gasteiger partial charge on any atom is 0.255 e. The van der Waals surface area contributed by atoms with Crippen LogP contribution in [0, 0.1) is 30.6 Å². The van der Waals surface area contributed by atoms with Gasteiger partial charge in [-0.3, -0.25) is 19.3 Å². The lowest BCUT2D eigenvalue weighted by molar-refractivity contribution is -0.123. The first kappa shape index (κ1) is 18.4. The van der Waals surface area contributed by atoms with E-state index in [-0.39, 0.29) is 29.6 Å². The molecule has 5 rings (SSSR count). The minimum Gasteiger partial charge on any atom is -0.322 e. The quantitative estimate of drug-likeness (QED) is 0.763. The minimum absolute atomic E-state index is 0.101. The van der Waals surface area contributed by atoms with Crippen LogP contribution < -0.4 is 10.2 Å². The second-order valence-electron chi connectivity index (χ2n) is 8.31. The maximum atomic E-state index is 13.0. The van der Waals surface area contributed by atoms with Gasteiger partial charge in [-0.2, -0.15) is 0 Å². The Kier molecular flexibility index (Phi) is 4.24. The highest BCUT2D eigenvalue weighted by Gasteiger charge is 2.61. The number of nitrogens with one attached hydrogen (secondary N) is 1. The fourth-order valence-electron chi connectivity index (χ4n) is 5.39. The highest BCUT2D eigenvalue weighted by Crippen LogP contribution is 2.56. The number of anilines is 2. The van der Waals surface area contributed by atoms with Crippen LogP contribution in [-0.4, -0.2) is 17.7 Å². The van der Waals surface area contributed by atoms with Gasteiger partial charge in [-0.25, -0.2) is 0 Å². The van der Waals surface area contributed by atoms with Crippen molar-refractivity contribution < 1.29 is 14.4 Å². The molecule has 0 radical (unpaired) electrons. The van der Waals surface area contributed by atoms with Gasteiger partial charge in [0.25, 0.3) is 5.91 Å². The number of carbonyl (C=O) groups excluding carboxylic acids is 3. The summed E-state index contributed by atoms with van der Waals surface area (Å²) in [5.41, 5.74) is 2.28. The van der Waals surface area contributed by atoms with Crippen molar-refractivity contribution in [1.29, 1.82) is 0 Å². The Morgan fingerprint density at radius 3 is 2.38 bits per heavy atom. The molecule has 1 saturated heterocycles. The molecule has 6 heteroatoms. The first-order valence-corrected chi connectivity index (χ1v) is 10.4. The summed E-state index contributed by atoms with van der Waals surface area (Å²) in [5, 5.41) is 3.43. The molecule has 1 heterocycles. The number of nitrogens with zero attached hydrogens (tertiary/aromatic N) is 1. The summed E-state index contributed by atoms with van der Waals surface area (Å²) < 4.78 is 0. The van der Waals surface area contributed by atoms with E-state index in [0.717, 1.165) is 24.8 Å². The molecule has 0 aromatic heterocycles. The van der Waals surface area contributed by atoms with E-state index in [1.54, 1.807) is 42.5 Å². The van der Waals surface area contributed by atoms with E-state index in [9.17, 15) is 14.4 Å². The van der Waals surface area contributed by atoms with Crippen molar-refractivity contribution in [3.05, 3.63) is 58.6 Å². The van der Waals surface area contributed by atoms with E-state index in [2.05, 4.69) is 5.32 Å². The van der Waals surface area contributed by atoms with Crippen molar-refractivity contribution in [3.8, 4) is 0 Å². The van der Waals surface area contributed by atoms with Crippen LogP contribution in [0.25, 0.3) is 0 Å². The number of benzene rings is 2. The van der Waals surface area contributed by atoms with Crippen molar-refractivity contribution in [2.45, 2.75) is 26.2 Å². The molecule has 2 aromatic rings. The highest BCUT2D eigenvalue weighted by atomic mass is 35.5. The maximum absolute atomic E-state index is 13.0. The van der Waals surface area contributed by atoms with Crippen molar-refractivity contribution in [2.75, 3.05) is 10.2 Å². The SMILES string of the molecule is Cc1c(Cl)cccc1NC(=O)c1cccc(N2C(=O)[C@@H]3[C@@H]4CC[C@@H](C4)[C@@H]3C2=O)c1. The van der Waals surface area contributed by atoms with Crippen LogP contribution in [0.1, 0.15) is 35.2 Å². The van der Waals surface area contributed by atoms with Crippen LogP contribution >= 0.6 is 11.6 Å². The molecule has 2 bridgehead atoms. The number of imide groups is 1. The lowest BCUT2D eigenvalue weighted by atomic mass is 9.81. The Morgan fingerprint density at radius 1 is 1.03 bits per heavy atom. The molecular weight excluding hydrogens is 388 g/mol. The zero-order valence-electron chi connectivity index (χ0n) is 16.0. The molecule has 0 spiro atoms. The fourth-order valence-corrected chi connectivity index (χ4v) is 5.56. The lowest BCUT2D eigenvalue weighted by Gasteiger charge is -2.19. The molecule has 2 aromatic carbocycles. The number of carbonyl (C=O) groups is 3. The molecule has 5 nitrogen and oxygen atoms in total. The first-order valence-electron chi connectivity index (χ1n) is 10.00. The zero-order chi connectivity index (χ0) is 20.3. The summed E-state index contributed by atoms with van der Waals surface area (Å²) in [4.78, 5) is 40.1. The Bertz CT molecular complexity index is 1020. The number of rotatable bonds is 3. The Labute approximate surface area is 174 Å². The normalized spacial score (nSPS) is 27.4. The highest BCUT2D eigenvalue weighted by molar-refractivity contribution is 6.31. The molecule has 2 saturated carbocycles. The molecule has 3 aliphatic rings. The van der Waals surface area contributed by atoms with Gasteiger partial charge in [0, 0.05) is 16.3 Å². The van der Waals surface area contributed by atoms with Gasteiger partial charge in [0.2, 0.25) is 11.8 Å². The predicted octanol–water partition coefficient (Wildman–Crippen LogP) is 4.44. The van der Waals surface area contributed by atoms with E-state index >= 15 is 0 Å². The standard InChI is InChI=1S/C23H21ClN2O3/c1-12-17(24)6-3-7-18(12)25-21(27)15-4-2-5-16(11-15)26-22(28)19-13-8-9-14(10-13)20(19)23(26)29/h2-7,11,13-14,19-20H,8-10H2,1H3,(H,25,27)/t13-,14+,19-,20+. The van der Waals surface area contributed by atoms with E-state index in [1.807, 2.05) is 6.92 Å².